The highest BCUT2D eigenvalue weighted by atomic mass is 16.5. The molecule has 0 bridgehead atoms. The molecule has 8 atom stereocenters. The van der Waals surface area contributed by atoms with Gasteiger partial charge in [-0.1, -0.05) is 13.8 Å². The maximum atomic E-state index is 13.4. The fourth-order valence-electron chi connectivity index (χ4n) is 9.21. The van der Waals surface area contributed by atoms with Gasteiger partial charge in [0.15, 0.2) is 5.78 Å². The molecule has 4 aliphatic rings. The van der Waals surface area contributed by atoms with E-state index in [-0.39, 0.29) is 17.9 Å². The van der Waals surface area contributed by atoms with E-state index in [9.17, 15) is 15.0 Å². The van der Waals surface area contributed by atoms with Crippen molar-refractivity contribution in [3.05, 3.63) is 18.0 Å². The van der Waals surface area contributed by atoms with Crippen LogP contribution in [0.15, 0.2) is 12.4 Å². The van der Waals surface area contributed by atoms with Gasteiger partial charge in [-0.05, 0) is 98.7 Å². The fourth-order valence-corrected chi connectivity index (χ4v) is 9.21. The minimum atomic E-state index is -0.552. The number of aromatic nitrogens is 2. The van der Waals surface area contributed by atoms with Crippen molar-refractivity contribution in [2.24, 2.45) is 40.4 Å². The number of Topliss-reactive ketones (excluding diaryl/α,β-unsaturated/α-hetero) is 1. The van der Waals surface area contributed by atoms with Crippen molar-refractivity contribution < 1.29 is 19.7 Å². The average Bonchev–Trinajstić information content (AvgIpc) is 3.42. The molecule has 0 radical (unpaired) electrons. The Morgan fingerprint density at radius 2 is 1.91 bits per heavy atom. The van der Waals surface area contributed by atoms with E-state index in [4.69, 9.17) is 4.74 Å². The van der Waals surface area contributed by atoms with Crippen LogP contribution in [0.4, 0.5) is 0 Å². The molecule has 4 fully saturated rings. The van der Waals surface area contributed by atoms with E-state index in [1.807, 2.05) is 0 Å². The second-order valence-corrected chi connectivity index (χ2v) is 12.7. The summed E-state index contributed by atoms with van der Waals surface area (Å²) < 4.78 is 6.99. The van der Waals surface area contributed by atoms with Crippen molar-refractivity contribution in [3.63, 3.8) is 0 Å². The summed E-state index contributed by atoms with van der Waals surface area (Å²) in [5, 5.41) is 24.8. The number of aliphatic hydroxyl groups is 2. The molecule has 2 N–H and O–H groups in total. The SMILES string of the molecule is COCC[C@@]1(O)CC[C@@]2(C)[C@@H](CC[C@@H]3[C@@H]2CC[C@]2(C)[C@@H](C(=O)Cn4cc(CO)cn4)CC[C@@H]32)C1. The summed E-state index contributed by atoms with van der Waals surface area (Å²) in [5.74, 6) is 3.12. The van der Waals surface area contributed by atoms with E-state index in [2.05, 4.69) is 18.9 Å². The Morgan fingerprint density at radius 1 is 1.12 bits per heavy atom. The Kier molecular flexibility index (Phi) is 6.48. The van der Waals surface area contributed by atoms with Crippen molar-refractivity contribution in [1.82, 2.24) is 9.78 Å². The van der Waals surface area contributed by atoms with Gasteiger partial charge in [-0.15, -0.1) is 0 Å². The van der Waals surface area contributed by atoms with E-state index in [1.54, 1.807) is 24.2 Å². The molecule has 0 amide bonds. The lowest BCUT2D eigenvalue weighted by atomic mass is 9.43. The Balaban J connectivity index is 1.29. The molecule has 1 heterocycles. The summed E-state index contributed by atoms with van der Waals surface area (Å²) in [7, 11) is 1.72. The number of rotatable bonds is 7. The third kappa shape index (κ3) is 3.98. The standard InChI is InChI=1S/C28H44N2O4/c1-26-10-11-28(33,12-13-34-3)14-20(26)4-5-21-22-6-7-24(27(22,2)9-8-23(21)26)25(32)17-30-16-19(18-31)15-29-30/h15-16,20-24,31,33H,4-14,17-18H2,1-3H3/t20-,21-,22-,23-,24+,26-,27-,28-/m0/s1. The molecule has 190 valence electrons. The first kappa shape index (κ1) is 24.5. The molecule has 0 saturated heterocycles. The van der Waals surface area contributed by atoms with Crippen molar-refractivity contribution in [2.45, 2.75) is 96.8 Å². The number of fused-ring (bicyclic) bond motifs is 5. The summed E-state index contributed by atoms with van der Waals surface area (Å²) in [6, 6.07) is 0. The second kappa shape index (κ2) is 9.01. The number of ether oxygens (including phenoxy) is 1. The van der Waals surface area contributed by atoms with Gasteiger partial charge in [0.1, 0.15) is 0 Å². The topological polar surface area (TPSA) is 84.6 Å². The van der Waals surface area contributed by atoms with Crippen LogP contribution in [0.1, 0.15) is 83.6 Å². The van der Waals surface area contributed by atoms with Crippen LogP contribution in [-0.4, -0.2) is 45.1 Å². The molecule has 4 aliphatic carbocycles. The number of aliphatic hydroxyl groups excluding tert-OH is 1. The Hall–Kier alpha value is -1.24. The molecular formula is C28H44N2O4. The predicted octanol–water partition coefficient (Wildman–Crippen LogP) is 4.37. The number of carbonyl (C=O) groups excluding carboxylic acids is 1. The zero-order valence-electron chi connectivity index (χ0n) is 21.3. The van der Waals surface area contributed by atoms with Gasteiger partial charge < -0.3 is 14.9 Å². The molecule has 0 unspecified atom stereocenters. The molecule has 0 aromatic carbocycles. The molecule has 6 heteroatoms. The van der Waals surface area contributed by atoms with Gasteiger partial charge in [-0.2, -0.15) is 5.10 Å². The van der Waals surface area contributed by atoms with Crippen LogP contribution < -0.4 is 0 Å². The highest BCUT2D eigenvalue weighted by molar-refractivity contribution is 5.82. The number of methoxy groups -OCH3 is 1. The van der Waals surface area contributed by atoms with Gasteiger partial charge in [-0.25, -0.2) is 0 Å². The highest BCUT2D eigenvalue weighted by Crippen LogP contribution is 2.68. The molecule has 1 aromatic rings. The van der Waals surface area contributed by atoms with Crippen molar-refractivity contribution >= 4 is 5.78 Å². The molecule has 0 spiro atoms. The number of nitrogens with zero attached hydrogens (tertiary/aromatic N) is 2. The largest absolute Gasteiger partial charge is 0.392 e. The Labute approximate surface area is 204 Å². The summed E-state index contributed by atoms with van der Waals surface area (Å²) in [5.41, 5.74) is 0.628. The smallest absolute Gasteiger partial charge is 0.157 e. The Bertz CT molecular complexity index is 901. The summed E-state index contributed by atoms with van der Waals surface area (Å²) in [6.45, 7) is 5.86. The first-order valence-electron chi connectivity index (χ1n) is 13.6. The lowest BCUT2D eigenvalue weighted by molar-refractivity contribution is -0.157. The van der Waals surface area contributed by atoms with E-state index < -0.39 is 5.60 Å². The minimum Gasteiger partial charge on any atom is -0.392 e. The number of hydrogen-bond acceptors (Lipinski definition) is 5. The fraction of sp³-hybridized carbons (Fsp3) is 0.857. The van der Waals surface area contributed by atoms with Crippen LogP contribution in [0.2, 0.25) is 0 Å². The molecule has 34 heavy (non-hydrogen) atoms. The van der Waals surface area contributed by atoms with Crippen LogP contribution in [0.25, 0.3) is 0 Å². The summed E-state index contributed by atoms with van der Waals surface area (Å²) in [6.07, 6.45) is 14.2. The number of carbonyl (C=O) groups is 1. The molecule has 0 aliphatic heterocycles. The molecule has 1 aromatic heterocycles. The van der Waals surface area contributed by atoms with Crippen molar-refractivity contribution in [3.8, 4) is 0 Å². The predicted molar refractivity (Wildman–Crippen MR) is 130 cm³/mol. The zero-order chi connectivity index (χ0) is 24.1. The van der Waals surface area contributed by atoms with Crippen LogP contribution in [-0.2, 0) is 22.7 Å². The van der Waals surface area contributed by atoms with Crippen molar-refractivity contribution in [2.75, 3.05) is 13.7 Å². The second-order valence-electron chi connectivity index (χ2n) is 12.7. The minimum absolute atomic E-state index is 0.0377. The third-order valence-electron chi connectivity index (χ3n) is 11.2. The van der Waals surface area contributed by atoms with Gasteiger partial charge in [-0.3, -0.25) is 9.48 Å². The number of ketones is 1. The lowest BCUT2D eigenvalue weighted by Crippen LogP contribution is -2.56. The Morgan fingerprint density at radius 3 is 2.65 bits per heavy atom. The van der Waals surface area contributed by atoms with Gasteiger partial charge in [0.05, 0.1) is 24.9 Å². The maximum Gasteiger partial charge on any atom is 0.157 e. The van der Waals surface area contributed by atoms with Crippen LogP contribution in [0.5, 0.6) is 0 Å². The molecule has 4 saturated carbocycles. The normalized spacial score (nSPS) is 43.7. The third-order valence-corrected chi connectivity index (χ3v) is 11.2. The molecule has 6 nitrogen and oxygen atoms in total. The van der Waals surface area contributed by atoms with E-state index in [0.29, 0.717) is 42.1 Å². The van der Waals surface area contributed by atoms with E-state index in [1.165, 1.54) is 25.7 Å². The summed E-state index contributed by atoms with van der Waals surface area (Å²) in [4.78, 5) is 13.4. The van der Waals surface area contributed by atoms with Crippen LogP contribution >= 0.6 is 0 Å². The van der Waals surface area contributed by atoms with E-state index >= 15 is 0 Å². The first-order valence-corrected chi connectivity index (χ1v) is 13.6. The average molecular weight is 473 g/mol. The number of hydrogen-bond donors (Lipinski definition) is 2. The van der Waals surface area contributed by atoms with Crippen LogP contribution in [0.3, 0.4) is 0 Å². The van der Waals surface area contributed by atoms with Gasteiger partial charge in [0.25, 0.3) is 0 Å². The molecule has 5 rings (SSSR count). The van der Waals surface area contributed by atoms with E-state index in [0.717, 1.165) is 50.0 Å². The maximum absolute atomic E-state index is 13.4. The monoisotopic (exact) mass is 472 g/mol. The van der Waals surface area contributed by atoms with Crippen LogP contribution in [0, 0.1) is 40.4 Å². The lowest BCUT2D eigenvalue weighted by Gasteiger charge is -2.62. The summed E-state index contributed by atoms with van der Waals surface area (Å²) >= 11 is 0. The van der Waals surface area contributed by atoms with Gasteiger partial charge >= 0.3 is 0 Å². The van der Waals surface area contributed by atoms with Crippen molar-refractivity contribution in [1.29, 1.82) is 0 Å². The van der Waals surface area contributed by atoms with Gasteiger partial charge in [0, 0.05) is 31.4 Å². The first-order chi connectivity index (χ1) is 16.2. The van der Waals surface area contributed by atoms with Gasteiger partial charge in [0.2, 0.25) is 0 Å². The highest BCUT2D eigenvalue weighted by Gasteiger charge is 2.62. The quantitative estimate of drug-likeness (QED) is 0.616. The molecular weight excluding hydrogens is 428 g/mol. The zero-order valence-corrected chi connectivity index (χ0v) is 21.3.